The number of allylic oxidation sites excluding steroid dienone is 2. The lowest BCUT2D eigenvalue weighted by Gasteiger charge is -2.23. The van der Waals surface area contributed by atoms with Gasteiger partial charge in [0.1, 0.15) is 0 Å². The fourth-order valence-corrected chi connectivity index (χ4v) is 3.18. The van der Waals surface area contributed by atoms with Gasteiger partial charge >= 0.3 is 0 Å². The van der Waals surface area contributed by atoms with Crippen molar-refractivity contribution in [2.75, 3.05) is 0 Å². The van der Waals surface area contributed by atoms with Crippen LogP contribution in [0.25, 0.3) is 0 Å². The minimum atomic E-state index is -1.37. The Hall–Kier alpha value is -0.243. The van der Waals surface area contributed by atoms with Crippen molar-refractivity contribution in [3.63, 3.8) is 0 Å². The van der Waals surface area contributed by atoms with Gasteiger partial charge in [0.15, 0.2) is 0 Å². The lowest BCUT2D eigenvalue weighted by atomic mass is 9.89. The molecule has 1 aliphatic rings. The highest BCUT2D eigenvalue weighted by Gasteiger charge is 2.17. The second-order valence-corrected chi connectivity index (χ2v) is 9.82. The summed E-state index contributed by atoms with van der Waals surface area (Å²) in [5.41, 5.74) is 0. The lowest BCUT2D eigenvalue weighted by Crippen LogP contribution is -2.24. The molecule has 0 bridgehead atoms. The van der Waals surface area contributed by atoms with E-state index in [1.807, 2.05) is 0 Å². The summed E-state index contributed by atoms with van der Waals surface area (Å²) < 4.78 is 5.94. The van der Waals surface area contributed by atoms with Crippen LogP contribution in [0.15, 0.2) is 11.8 Å². The van der Waals surface area contributed by atoms with Crippen LogP contribution in [0.4, 0.5) is 0 Å². The Morgan fingerprint density at radius 2 is 1.71 bits per heavy atom. The second kappa shape index (κ2) is 5.01. The van der Waals surface area contributed by atoms with E-state index in [1.165, 1.54) is 32.1 Å². The smallest absolute Gasteiger partial charge is 0.241 e. The molecule has 1 fully saturated rings. The molecule has 1 rings (SSSR count). The van der Waals surface area contributed by atoms with Gasteiger partial charge in [-0.3, -0.25) is 0 Å². The first-order valence-electron chi connectivity index (χ1n) is 5.85. The van der Waals surface area contributed by atoms with Crippen molar-refractivity contribution in [2.45, 2.75) is 58.7 Å². The summed E-state index contributed by atoms with van der Waals surface area (Å²) in [6.07, 6.45) is 9.33. The molecule has 0 N–H and O–H groups in total. The highest BCUT2D eigenvalue weighted by Crippen LogP contribution is 2.26. The van der Waals surface area contributed by atoms with Gasteiger partial charge in [-0.15, -0.1) is 0 Å². The lowest BCUT2D eigenvalue weighted by molar-refractivity contribution is 0.383. The van der Waals surface area contributed by atoms with Crippen molar-refractivity contribution in [3.8, 4) is 0 Å². The van der Waals surface area contributed by atoms with Crippen LogP contribution in [-0.2, 0) is 4.43 Å². The summed E-state index contributed by atoms with van der Waals surface area (Å²) in [4.78, 5) is 0. The maximum atomic E-state index is 5.94. The van der Waals surface area contributed by atoms with Crippen molar-refractivity contribution in [1.82, 2.24) is 0 Å². The summed E-state index contributed by atoms with van der Waals surface area (Å²) in [7, 11) is -1.37. The molecule has 0 aliphatic heterocycles. The van der Waals surface area contributed by atoms with Crippen molar-refractivity contribution < 1.29 is 4.43 Å². The fourth-order valence-electron chi connectivity index (χ4n) is 2.15. The molecule has 0 radical (unpaired) electrons. The van der Waals surface area contributed by atoms with Gasteiger partial charge in [-0.05, 0) is 51.4 Å². The number of hydrogen-bond acceptors (Lipinski definition) is 1. The number of hydrogen-bond donors (Lipinski definition) is 0. The summed E-state index contributed by atoms with van der Waals surface area (Å²) in [5, 5.41) is 0. The van der Waals surface area contributed by atoms with Gasteiger partial charge in [0.05, 0.1) is 5.76 Å². The maximum Gasteiger partial charge on any atom is 0.241 e. The minimum absolute atomic E-state index is 0.792. The van der Waals surface area contributed by atoms with Crippen molar-refractivity contribution in [2.24, 2.45) is 5.92 Å². The summed E-state index contributed by atoms with van der Waals surface area (Å²) in [6, 6.07) is 0. The summed E-state index contributed by atoms with van der Waals surface area (Å²) in [5.74, 6) is 1.95. The molecule has 0 aromatic heterocycles. The summed E-state index contributed by atoms with van der Waals surface area (Å²) in [6.45, 7) is 8.84. The van der Waals surface area contributed by atoms with Crippen LogP contribution in [0, 0.1) is 5.92 Å². The minimum Gasteiger partial charge on any atom is -0.548 e. The molecule has 14 heavy (non-hydrogen) atoms. The molecule has 0 aromatic carbocycles. The van der Waals surface area contributed by atoms with Gasteiger partial charge in [0.2, 0.25) is 8.32 Å². The first-order chi connectivity index (χ1) is 6.47. The van der Waals surface area contributed by atoms with Gasteiger partial charge < -0.3 is 4.43 Å². The van der Waals surface area contributed by atoms with Crippen LogP contribution in [0.3, 0.4) is 0 Å². The fraction of sp³-hybridized carbons (Fsp3) is 0.833. The third-order valence-corrected chi connectivity index (χ3v) is 3.52. The van der Waals surface area contributed by atoms with Crippen molar-refractivity contribution in [1.29, 1.82) is 0 Å². The molecule has 0 heterocycles. The van der Waals surface area contributed by atoms with E-state index >= 15 is 0 Å². The van der Waals surface area contributed by atoms with E-state index < -0.39 is 8.32 Å². The molecule has 82 valence electrons. The SMILES string of the molecule is C/C(=C\C1CCCCC1)O[Si](C)(C)C. The first kappa shape index (κ1) is 11.8. The molecule has 0 spiro atoms. The van der Waals surface area contributed by atoms with E-state index in [4.69, 9.17) is 4.43 Å². The zero-order valence-corrected chi connectivity index (χ0v) is 11.1. The van der Waals surface area contributed by atoms with E-state index in [-0.39, 0.29) is 0 Å². The van der Waals surface area contributed by atoms with E-state index in [1.54, 1.807) is 0 Å². The Morgan fingerprint density at radius 3 is 2.21 bits per heavy atom. The van der Waals surface area contributed by atoms with Gasteiger partial charge in [-0.1, -0.05) is 19.3 Å². The third-order valence-electron chi connectivity index (χ3n) is 2.59. The van der Waals surface area contributed by atoms with Crippen LogP contribution < -0.4 is 0 Å². The van der Waals surface area contributed by atoms with Crippen LogP contribution in [0.2, 0.25) is 19.6 Å². The van der Waals surface area contributed by atoms with Crippen LogP contribution in [0.5, 0.6) is 0 Å². The molecule has 0 unspecified atom stereocenters. The molecular weight excluding hydrogens is 188 g/mol. The average molecular weight is 212 g/mol. The predicted molar refractivity (Wildman–Crippen MR) is 64.8 cm³/mol. The van der Waals surface area contributed by atoms with Gasteiger partial charge in [-0.2, -0.15) is 0 Å². The predicted octanol–water partition coefficient (Wildman–Crippen LogP) is 4.32. The molecule has 1 nitrogen and oxygen atoms in total. The van der Waals surface area contributed by atoms with E-state index in [9.17, 15) is 0 Å². The Kier molecular flexibility index (Phi) is 4.23. The molecule has 1 saturated carbocycles. The normalized spacial score (nSPS) is 21.0. The first-order valence-corrected chi connectivity index (χ1v) is 9.26. The zero-order chi connectivity index (χ0) is 10.6. The second-order valence-electron chi connectivity index (χ2n) is 5.39. The Morgan fingerprint density at radius 1 is 1.14 bits per heavy atom. The highest BCUT2D eigenvalue weighted by atomic mass is 28.4. The van der Waals surface area contributed by atoms with E-state index in [0.29, 0.717) is 0 Å². The monoisotopic (exact) mass is 212 g/mol. The Balaban J connectivity index is 2.41. The molecule has 0 atom stereocenters. The van der Waals surface area contributed by atoms with E-state index in [2.05, 4.69) is 32.6 Å². The average Bonchev–Trinajstić information content (AvgIpc) is 2.02. The highest BCUT2D eigenvalue weighted by molar-refractivity contribution is 6.70. The molecule has 0 amide bonds. The van der Waals surface area contributed by atoms with Crippen molar-refractivity contribution in [3.05, 3.63) is 11.8 Å². The molecule has 1 aliphatic carbocycles. The standard InChI is InChI=1S/C12H24OSi/c1-11(13-14(2,3)4)10-12-8-6-5-7-9-12/h10,12H,5-9H2,1-4H3/b11-10+. The van der Waals surface area contributed by atoms with Gasteiger partial charge in [0.25, 0.3) is 0 Å². The molecular formula is C12H24OSi. The maximum absolute atomic E-state index is 5.94. The Labute approximate surface area is 89.7 Å². The van der Waals surface area contributed by atoms with Gasteiger partial charge in [0, 0.05) is 0 Å². The van der Waals surface area contributed by atoms with E-state index in [0.717, 1.165) is 11.7 Å². The summed E-state index contributed by atoms with van der Waals surface area (Å²) >= 11 is 0. The van der Waals surface area contributed by atoms with Crippen molar-refractivity contribution >= 4 is 8.32 Å². The molecule has 0 aromatic rings. The largest absolute Gasteiger partial charge is 0.548 e. The zero-order valence-electron chi connectivity index (χ0n) is 10.1. The Bertz CT molecular complexity index is 197. The molecule has 2 heteroatoms. The van der Waals surface area contributed by atoms with Gasteiger partial charge in [-0.25, -0.2) is 0 Å². The molecule has 0 saturated heterocycles. The van der Waals surface area contributed by atoms with Crippen LogP contribution in [0.1, 0.15) is 39.0 Å². The van der Waals surface area contributed by atoms with Crippen LogP contribution in [-0.4, -0.2) is 8.32 Å². The van der Waals surface area contributed by atoms with Crippen LogP contribution >= 0.6 is 0 Å². The quantitative estimate of drug-likeness (QED) is 0.500. The third kappa shape index (κ3) is 4.84. The number of rotatable bonds is 3. The topological polar surface area (TPSA) is 9.23 Å².